The third-order valence-corrected chi connectivity index (χ3v) is 5.44. The molecule has 33 heavy (non-hydrogen) atoms. The van der Waals surface area contributed by atoms with Crippen molar-refractivity contribution in [2.45, 2.75) is 33.3 Å². The first-order valence-electron chi connectivity index (χ1n) is 10.6. The Morgan fingerprint density at radius 2 is 1.94 bits per heavy atom. The van der Waals surface area contributed by atoms with Crippen molar-refractivity contribution in [3.05, 3.63) is 71.9 Å². The lowest BCUT2D eigenvalue weighted by Crippen LogP contribution is -2.34. The summed E-state index contributed by atoms with van der Waals surface area (Å²) in [5.41, 5.74) is 4.09. The molecule has 4 aromatic rings. The second-order valence-corrected chi connectivity index (χ2v) is 8.00. The largest absolute Gasteiger partial charge is 0.491 e. The summed E-state index contributed by atoms with van der Waals surface area (Å²) in [5, 5.41) is 6.00. The van der Waals surface area contributed by atoms with Crippen LogP contribution in [0.4, 0.5) is 5.69 Å². The van der Waals surface area contributed by atoms with Crippen LogP contribution in [0.2, 0.25) is 0 Å². The number of hydrogen-bond donors (Lipinski definition) is 2. The normalized spacial score (nSPS) is 11.7. The number of pyridine rings is 1. The average Bonchev–Trinajstić information content (AvgIpc) is 3.24. The van der Waals surface area contributed by atoms with E-state index in [1.807, 2.05) is 38.1 Å². The van der Waals surface area contributed by atoms with Crippen LogP contribution < -0.4 is 15.4 Å². The summed E-state index contributed by atoms with van der Waals surface area (Å²) in [6.07, 6.45) is 2.70. The minimum Gasteiger partial charge on any atom is -0.491 e. The molecule has 0 aliphatic heterocycles. The fraction of sp³-hybridized carbons (Fsp3) is 0.200. The first-order valence-corrected chi connectivity index (χ1v) is 11.1. The van der Waals surface area contributed by atoms with Crippen LogP contribution in [-0.4, -0.2) is 27.1 Å². The molecular weight excluding hydrogens is 436 g/mol. The molecule has 0 aliphatic rings. The van der Waals surface area contributed by atoms with Crippen LogP contribution in [0.15, 0.2) is 65.2 Å². The van der Waals surface area contributed by atoms with Crippen LogP contribution >= 0.6 is 12.2 Å². The number of aromatic nitrogens is 2. The number of benzene rings is 2. The summed E-state index contributed by atoms with van der Waals surface area (Å²) >= 11 is 5.37. The van der Waals surface area contributed by atoms with Gasteiger partial charge in [0.05, 0.1) is 6.10 Å². The van der Waals surface area contributed by atoms with Crippen molar-refractivity contribution >= 4 is 40.2 Å². The zero-order chi connectivity index (χ0) is 23.4. The highest BCUT2D eigenvalue weighted by Crippen LogP contribution is 2.30. The lowest BCUT2D eigenvalue weighted by molar-refractivity contribution is 0.0977. The Morgan fingerprint density at radius 1 is 1.15 bits per heavy atom. The van der Waals surface area contributed by atoms with Gasteiger partial charge in [-0.25, -0.2) is 4.98 Å². The number of carbonyl (C=O) groups excluding carboxylic acids is 1. The minimum atomic E-state index is -0.304. The highest BCUT2D eigenvalue weighted by molar-refractivity contribution is 7.80. The van der Waals surface area contributed by atoms with Crippen LogP contribution in [0.3, 0.4) is 0 Å². The topological polar surface area (TPSA) is 89.3 Å². The lowest BCUT2D eigenvalue weighted by Gasteiger charge is -2.14. The number of fused-ring (bicyclic) bond motifs is 1. The van der Waals surface area contributed by atoms with Crippen LogP contribution in [0.5, 0.6) is 5.75 Å². The molecule has 0 unspecified atom stereocenters. The number of nitrogens with one attached hydrogen (secondary N) is 2. The van der Waals surface area contributed by atoms with Crippen molar-refractivity contribution in [1.82, 2.24) is 15.3 Å². The van der Waals surface area contributed by atoms with E-state index in [4.69, 9.17) is 21.4 Å². The van der Waals surface area contributed by atoms with Gasteiger partial charge in [0.25, 0.3) is 5.91 Å². The predicted molar refractivity (Wildman–Crippen MR) is 132 cm³/mol. The molecule has 8 heteroatoms. The maximum atomic E-state index is 12.6. The number of hydrogen-bond acceptors (Lipinski definition) is 6. The molecule has 0 saturated heterocycles. The van der Waals surface area contributed by atoms with Gasteiger partial charge in [-0.15, -0.1) is 0 Å². The molecule has 0 saturated carbocycles. The molecule has 1 atom stereocenters. The Balaban J connectivity index is 1.44. The molecule has 2 aromatic heterocycles. The number of thiocarbonyl (C=S) groups is 1. The molecule has 0 bridgehead atoms. The van der Waals surface area contributed by atoms with Gasteiger partial charge < -0.3 is 14.5 Å². The van der Waals surface area contributed by atoms with Crippen molar-refractivity contribution < 1.29 is 13.9 Å². The number of anilines is 1. The fourth-order valence-corrected chi connectivity index (χ4v) is 3.42. The van der Waals surface area contributed by atoms with Gasteiger partial charge in [-0.05, 0) is 86.6 Å². The van der Waals surface area contributed by atoms with E-state index in [2.05, 4.69) is 27.5 Å². The number of amides is 1. The van der Waals surface area contributed by atoms with Gasteiger partial charge in [-0.3, -0.25) is 10.1 Å². The van der Waals surface area contributed by atoms with E-state index in [9.17, 15) is 4.79 Å². The second-order valence-electron chi connectivity index (χ2n) is 7.59. The Morgan fingerprint density at radius 3 is 2.67 bits per heavy atom. The number of oxazole rings is 1. The summed E-state index contributed by atoms with van der Waals surface area (Å²) in [6, 6.07) is 16.3. The quantitative estimate of drug-likeness (QED) is 0.367. The van der Waals surface area contributed by atoms with Gasteiger partial charge in [-0.2, -0.15) is 4.98 Å². The Bertz CT molecular complexity index is 1270. The summed E-state index contributed by atoms with van der Waals surface area (Å²) in [5.74, 6) is 0.893. The molecule has 0 fully saturated rings. The minimum absolute atomic E-state index is 0.117. The third kappa shape index (κ3) is 5.18. The summed E-state index contributed by atoms with van der Waals surface area (Å²) < 4.78 is 11.6. The van der Waals surface area contributed by atoms with Gasteiger partial charge in [-0.1, -0.05) is 13.0 Å². The summed E-state index contributed by atoms with van der Waals surface area (Å²) in [6.45, 7) is 5.99. The van der Waals surface area contributed by atoms with E-state index >= 15 is 0 Å². The van der Waals surface area contributed by atoms with Crippen molar-refractivity contribution in [2.24, 2.45) is 0 Å². The van der Waals surface area contributed by atoms with Crippen LogP contribution in [0.1, 0.15) is 36.2 Å². The molecule has 0 spiro atoms. The number of carbonyl (C=O) groups is 1. The zero-order valence-electron chi connectivity index (χ0n) is 18.6. The van der Waals surface area contributed by atoms with Gasteiger partial charge in [0.1, 0.15) is 5.75 Å². The molecule has 1 amide bonds. The van der Waals surface area contributed by atoms with Crippen molar-refractivity contribution in [2.75, 3.05) is 5.32 Å². The van der Waals surface area contributed by atoms with Gasteiger partial charge in [0.2, 0.25) is 5.89 Å². The number of rotatable bonds is 6. The molecule has 4 rings (SSSR count). The van der Waals surface area contributed by atoms with E-state index in [1.165, 1.54) is 0 Å². The van der Waals surface area contributed by atoms with Gasteiger partial charge >= 0.3 is 0 Å². The fourth-order valence-electron chi connectivity index (χ4n) is 3.22. The smallest absolute Gasteiger partial charge is 0.257 e. The Labute approximate surface area is 197 Å². The van der Waals surface area contributed by atoms with Crippen molar-refractivity contribution in [3.8, 4) is 17.2 Å². The summed E-state index contributed by atoms with van der Waals surface area (Å²) in [7, 11) is 0. The van der Waals surface area contributed by atoms with E-state index in [0.29, 0.717) is 22.7 Å². The molecule has 2 heterocycles. The first kappa shape index (κ1) is 22.4. The van der Waals surface area contributed by atoms with Crippen LogP contribution in [-0.2, 0) is 0 Å². The first-order chi connectivity index (χ1) is 15.9. The van der Waals surface area contributed by atoms with Gasteiger partial charge in [0.15, 0.2) is 16.3 Å². The molecule has 7 nitrogen and oxygen atoms in total. The Kier molecular flexibility index (Phi) is 6.65. The average molecular weight is 461 g/mol. The maximum Gasteiger partial charge on any atom is 0.257 e. The number of nitrogens with zero attached hydrogens (tertiary/aromatic N) is 2. The zero-order valence-corrected chi connectivity index (χ0v) is 19.4. The molecular formula is C25H24N4O3S. The molecule has 168 valence electrons. The van der Waals surface area contributed by atoms with E-state index in [0.717, 1.165) is 29.0 Å². The van der Waals surface area contributed by atoms with Crippen LogP contribution in [0.25, 0.3) is 22.7 Å². The monoisotopic (exact) mass is 460 g/mol. The van der Waals surface area contributed by atoms with E-state index < -0.39 is 0 Å². The van der Waals surface area contributed by atoms with Gasteiger partial charge in [0, 0.05) is 23.0 Å². The predicted octanol–water partition coefficient (Wildman–Crippen LogP) is 5.50. The molecule has 2 N–H and O–H groups in total. The standard InChI is InChI=1S/C25H24N4O3S/c1-4-15(2)31-18-12-10-17(11-13-18)23(30)29-25(33)27-20-8-5-7-19(16(20)3)24-28-22-21(32-24)9-6-14-26-22/h5-15H,4H2,1-3H3,(H2,27,29,30,33)/t15-/m1/s1. The SMILES string of the molecule is CC[C@@H](C)Oc1ccc(C(=O)NC(=S)Nc2cccc(-c3nc4ncccc4o3)c2C)cc1. The Hall–Kier alpha value is -3.78. The van der Waals surface area contributed by atoms with Crippen molar-refractivity contribution in [3.63, 3.8) is 0 Å². The van der Waals surface area contributed by atoms with E-state index in [1.54, 1.807) is 36.5 Å². The molecule has 0 aliphatic carbocycles. The maximum absolute atomic E-state index is 12.6. The lowest BCUT2D eigenvalue weighted by atomic mass is 10.1. The molecule has 0 radical (unpaired) electrons. The van der Waals surface area contributed by atoms with Crippen LogP contribution in [0, 0.1) is 6.92 Å². The highest BCUT2D eigenvalue weighted by Gasteiger charge is 2.15. The van der Waals surface area contributed by atoms with Crippen molar-refractivity contribution in [1.29, 1.82) is 0 Å². The summed E-state index contributed by atoms with van der Waals surface area (Å²) in [4.78, 5) is 21.3. The number of ether oxygens (including phenoxy) is 1. The molecule has 2 aromatic carbocycles. The third-order valence-electron chi connectivity index (χ3n) is 5.23. The highest BCUT2D eigenvalue weighted by atomic mass is 32.1. The van der Waals surface area contributed by atoms with E-state index in [-0.39, 0.29) is 17.1 Å². The second kappa shape index (κ2) is 9.79.